The molecule has 5 heteroatoms. The third-order valence-electron chi connectivity index (χ3n) is 2.90. The van der Waals surface area contributed by atoms with Gasteiger partial charge in [-0.15, -0.1) is 6.42 Å². The predicted molar refractivity (Wildman–Crippen MR) is 82.0 cm³/mol. The molecule has 2 N–H and O–H groups in total. The highest BCUT2D eigenvalue weighted by Crippen LogP contribution is 2.13. The first-order valence-electron chi connectivity index (χ1n) is 6.87. The van der Waals surface area contributed by atoms with Crippen LogP contribution in [0.15, 0.2) is 24.3 Å². The summed E-state index contributed by atoms with van der Waals surface area (Å²) in [5.41, 5.74) is 1.43. The Morgan fingerprint density at radius 2 is 2.00 bits per heavy atom. The number of nitrogens with one attached hydrogen (secondary N) is 2. The number of carbonyl (C=O) groups is 2. The van der Waals surface area contributed by atoms with Crippen molar-refractivity contribution in [1.29, 1.82) is 0 Å². The van der Waals surface area contributed by atoms with E-state index < -0.39 is 5.97 Å². The Morgan fingerprint density at radius 1 is 1.24 bits per heavy atom. The highest BCUT2D eigenvalue weighted by Gasteiger charge is 2.08. The van der Waals surface area contributed by atoms with E-state index in [-0.39, 0.29) is 5.91 Å². The fourth-order valence-corrected chi connectivity index (χ4v) is 1.81. The van der Waals surface area contributed by atoms with Crippen molar-refractivity contribution in [3.8, 4) is 12.3 Å². The Morgan fingerprint density at radius 3 is 2.71 bits per heavy atom. The average molecular weight is 288 g/mol. The second-order valence-electron chi connectivity index (χ2n) is 4.39. The van der Waals surface area contributed by atoms with Crippen molar-refractivity contribution >= 4 is 17.6 Å². The summed E-state index contributed by atoms with van der Waals surface area (Å²) in [7, 11) is 1.78. The number of hydrogen-bond acceptors (Lipinski definition) is 4. The molecule has 0 spiro atoms. The van der Waals surface area contributed by atoms with Crippen LogP contribution in [0.3, 0.4) is 0 Å². The van der Waals surface area contributed by atoms with Crippen molar-refractivity contribution in [3.05, 3.63) is 29.8 Å². The van der Waals surface area contributed by atoms with Gasteiger partial charge in [-0.25, -0.2) is 4.79 Å². The Bertz CT molecular complexity index is 520. The number of esters is 1. The predicted octanol–water partition coefficient (Wildman–Crippen LogP) is 1.80. The molecule has 1 amide bonds. The van der Waals surface area contributed by atoms with Crippen LogP contribution in [-0.4, -0.2) is 32.1 Å². The van der Waals surface area contributed by atoms with Crippen LogP contribution < -0.4 is 10.6 Å². The molecule has 5 nitrogen and oxygen atoms in total. The summed E-state index contributed by atoms with van der Waals surface area (Å²) in [6.07, 6.45) is 7.28. The smallest absolute Gasteiger partial charge is 0.384 e. The third-order valence-corrected chi connectivity index (χ3v) is 2.90. The zero-order chi connectivity index (χ0) is 15.5. The number of unbranched alkanes of at least 4 members (excludes halogenated alkanes) is 2. The number of carbonyl (C=O) groups excluding carboxylic acids is 2. The molecule has 0 unspecified atom stereocenters. The minimum absolute atomic E-state index is 0.0984. The van der Waals surface area contributed by atoms with Gasteiger partial charge in [-0.2, -0.15) is 0 Å². The lowest BCUT2D eigenvalue weighted by Crippen LogP contribution is -2.25. The number of ether oxygens (including phenoxy) is 1. The standard InChI is InChI=1S/C16H20N2O3/c1-3-15(19)21-12-8-4-7-11-18-16(20)13-9-5-6-10-14(13)17-2/h1,5-6,9-10,17H,4,7-8,11-12H2,2H3,(H,18,20). The van der Waals surface area contributed by atoms with E-state index in [4.69, 9.17) is 11.2 Å². The van der Waals surface area contributed by atoms with Gasteiger partial charge in [-0.3, -0.25) is 4.79 Å². The Labute approximate surface area is 125 Å². The number of anilines is 1. The van der Waals surface area contributed by atoms with Gasteiger partial charge in [0, 0.05) is 25.2 Å². The van der Waals surface area contributed by atoms with Crippen LogP contribution in [0.1, 0.15) is 29.6 Å². The first kappa shape index (κ1) is 16.6. The summed E-state index contributed by atoms with van der Waals surface area (Å²) >= 11 is 0. The molecule has 1 rings (SSSR count). The molecule has 0 fully saturated rings. The van der Waals surface area contributed by atoms with Crippen LogP contribution in [0, 0.1) is 12.3 Å². The van der Waals surface area contributed by atoms with Crippen molar-refractivity contribution in [2.75, 3.05) is 25.5 Å². The number of rotatable bonds is 8. The molecule has 0 aliphatic rings. The SMILES string of the molecule is C#CC(=O)OCCCCCNC(=O)c1ccccc1NC. The quantitative estimate of drug-likeness (QED) is 0.331. The molecule has 0 bridgehead atoms. The first-order chi connectivity index (χ1) is 10.2. The molecule has 1 aromatic rings. The van der Waals surface area contributed by atoms with Gasteiger partial charge >= 0.3 is 5.97 Å². The zero-order valence-electron chi connectivity index (χ0n) is 12.1. The van der Waals surface area contributed by atoms with Gasteiger partial charge in [-0.1, -0.05) is 12.1 Å². The van der Waals surface area contributed by atoms with Crippen LogP contribution in [-0.2, 0) is 9.53 Å². The van der Waals surface area contributed by atoms with Gasteiger partial charge in [0.05, 0.1) is 12.2 Å². The van der Waals surface area contributed by atoms with E-state index in [1.165, 1.54) is 0 Å². The summed E-state index contributed by atoms with van der Waals surface area (Å²) in [5.74, 6) is 1.16. The van der Waals surface area contributed by atoms with Gasteiger partial charge in [0.15, 0.2) is 0 Å². The lowest BCUT2D eigenvalue weighted by molar-refractivity contribution is -0.136. The molecule has 0 heterocycles. The number of benzene rings is 1. The van der Waals surface area contributed by atoms with Crippen molar-refractivity contribution < 1.29 is 14.3 Å². The highest BCUT2D eigenvalue weighted by molar-refractivity contribution is 5.99. The largest absolute Gasteiger partial charge is 0.456 e. The lowest BCUT2D eigenvalue weighted by atomic mass is 10.1. The fourth-order valence-electron chi connectivity index (χ4n) is 1.81. The van der Waals surface area contributed by atoms with Crippen molar-refractivity contribution in [2.45, 2.75) is 19.3 Å². The minimum Gasteiger partial charge on any atom is -0.456 e. The number of hydrogen-bond donors (Lipinski definition) is 2. The molecule has 112 valence electrons. The average Bonchev–Trinajstić information content (AvgIpc) is 2.53. The first-order valence-corrected chi connectivity index (χ1v) is 6.87. The molecule has 0 atom stereocenters. The van der Waals surface area contributed by atoms with Crippen LogP contribution in [0.5, 0.6) is 0 Å². The molecule has 0 saturated heterocycles. The maximum absolute atomic E-state index is 12.0. The monoisotopic (exact) mass is 288 g/mol. The topological polar surface area (TPSA) is 67.4 Å². The van der Waals surface area contributed by atoms with E-state index in [0.29, 0.717) is 18.7 Å². The van der Waals surface area contributed by atoms with Gasteiger partial charge in [0.1, 0.15) is 0 Å². The maximum Gasteiger partial charge on any atom is 0.384 e. The van der Waals surface area contributed by atoms with Gasteiger partial charge in [-0.05, 0) is 31.4 Å². The van der Waals surface area contributed by atoms with E-state index in [0.717, 1.165) is 24.9 Å². The fraction of sp³-hybridized carbons (Fsp3) is 0.375. The van der Waals surface area contributed by atoms with E-state index in [9.17, 15) is 9.59 Å². The highest BCUT2D eigenvalue weighted by atomic mass is 16.5. The maximum atomic E-state index is 12.0. The molecule has 0 radical (unpaired) electrons. The van der Waals surface area contributed by atoms with Crippen molar-refractivity contribution in [3.63, 3.8) is 0 Å². The van der Waals surface area contributed by atoms with Crippen molar-refractivity contribution in [1.82, 2.24) is 5.32 Å². The normalized spacial score (nSPS) is 9.52. The summed E-state index contributed by atoms with van der Waals surface area (Å²) < 4.78 is 4.75. The third kappa shape index (κ3) is 6.00. The molecular formula is C16H20N2O3. The summed E-state index contributed by atoms with van der Waals surface area (Å²) in [4.78, 5) is 22.7. The van der Waals surface area contributed by atoms with Gasteiger partial charge in [0.25, 0.3) is 5.91 Å². The molecule has 21 heavy (non-hydrogen) atoms. The second kappa shape index (κ2) is 9.43. The van der Waals surface area contributed by atoms with E-state index in [1.807, 2.05) is 24.1 Å². The minimum atomic E-state index is -0.632. The molecule has 0 saturated carbocycles. The van der Waals surface area contributed by atoms with Gasteiger partial charge in [0.2, 0.25) is 0 Å². The van der Waals surface area contributed by atoms with Crippen LogP contribution in [0.4, 0.5) is 5.69 Å². The lowest BCUT2D eigenvalue weighted by Gasteiger charge is -2.09. The van der Waals surface area contributed by atoms with E-state index in [2.05, 4.69) is 10.6 Å². The van der Waals surface area contributed by atoms with Gasteiger partial charge < -0.3 is 15.4 Å². The summed E-state index contributed by atoms with van der Waals surface area (Å²) in [6, 6.07) is 7.34. The summed E-state index contributed by atoms with van der Waals surface area (Å²) in [5, 5.41) is 5.85. The Hall–Kier alpha value is -2.48. The van der Waals surface area contributed by atoms with E-state index in [1.54, 1.807) is 13.1 Å². The van der Waals surface area contributed by atoms with Crippen LogP contribution >= 0.6 is 0 Å². The number of amides is 1. The number of terminal acetylenes is 1. The molecule has 0 aromatic heterocycles. The van der Waals surface area contributed by atoms with E-state index >= 15 is 0 Å². The van der Waals surface area contributed by atoms with Crippen LogP contribution in [0.2, 0.25) is 0 Å². The van der Waals surface area contributed by atoms with Crippen LogP contribution in [0.25, 0.3) is 0 Å². The molecular weight excluding hydrogens is 268 g/mol. The molecule has 1 aromatic carbocycles. The molecule has 0 aliphatic heterocycles. The summed E-state index contributed by atoms with van der Waals surface area (Å²) in [6.45, 7) is 0.902. The molecule has 0 aliphatic carbocycles. The zero-order valence-corrected chi connectivity index (χ0v) is 12.1. The van der Waals surface area contributed by atoms with Crippen molar-refractivity contribution in [2.24, 2.45) is 0 Å². The number of para-hydroxylation sites is 1. The second-order valence-corrected chi connectivity index (χ2v) is 4.39. The Balaban J connectivity index is 2.20. The Kier molecular flexibility index (Phi) is 7.44.